The molecule has 1 aliphatic heterocycles. The highest BCUT2D eigenvalue weighted by atomic mass is 19.4. The molecule has 2 aromatic carbocycles. The molecular formula is C24H18F4N2O4. The highest BCUT2D eigenvalue weighted by molar-refractivity contribution is 5.98. The first-order chi connectivity index (χ1) is 16.1. The standard InChI is InChI=1S/C24H18F4N2O4/c1-14(31)15-4-6-16(7-5-15)22(32)30-23(10-12-33-20-3-2-11-29-21(20)23)17-8-9-19(18(25)13-17)34-24(26,27)28/h2-9,11,13H,10,12H2,1H3,(H,30,32). The van der Waals surface area contributed by atoms with Crippen LogP contribution in [0.3, 0.4) is 0 Å². The first-order valence-corrected chi connectivity index (χ1v) is 10.2. The van der Waals surface area contributed by atoms with Gasteiger partial charge in [-0.05, 0) is 48.9 Å². The number of benzene rings is 2. The number of hydrogen-bond donors (Lipinski definition) is 1. The Bertz CT molecular complexity index is 1240. The molecule has 1 amide bonds. The minimum atomic E-state index is -5.06. The molecule has 1 aliphatic rings. The molecule has 4 rings (SSSR count). The lowest BCUT2D eigenvalue weighted by Gasteiger charge is -2.39. The van der Waals surface area contributed by atoms with Crippen LogP contribution in [0.1, 0.15) is 45.3 Å². The van der Waals surface area contributed by atoms with Gasteiger partial charge in [-0.3, -0.25) is 14.6 Å². The van der Waals surface area contributed by atoms with Crippen LogP contribution in [-0.2, 0) is 5.54 Å². The summed E-state index contributed by atoms with van der Waals surface area (Å²) in [7, 11) is 0. The summed E-state index contributed by atoms with van der Waals surface area (Å²) >= 11 is 0. The van der Waals surface area contributed by atoms with Gasteiger partial charge >= 0.3 is 6.36 Å². The lowest BCUT2D eigenvalue weighted by molar-refractivity contribution is -0.275. The second kappa shape index (κ2) is 8.77. The summed E-state index contributed by atoms with van der Waals surface area (Å²) in [6.07, 6.45) is -3.46. The number of hydrogen-bond acceptors (Lipinski definition) is 5. The second-order valence-electron chi connectivity index (χ2n) is 7.63. The number of nitrogens with one attached hydrogen (secondary N) is 1. The monoisotopic (exact) mass is 474 g/mol. The topological polar surface area (TPSA) is 77.5 Å². The van der Waals surface area contributed by atoms with Crippen molar-refractivity contribution >= 4 is 11.7 Å². The lowest BCUT2D eigenvalue weighted by Crippen LogP contribution is -2.50. The van der Waals surface area contributed by atoms with Crippen molar-refractivity contribution in [3.05, 3.63) is 89.0 Å². The van der Waals surface area contributed by atoms with Crippen molar-refractivity contribution in [1.82, 2.24) is 10.3 Å². The molecule has 0 spiro atoms. The summed E-state index contributed by atoms with van der Waals surface area (Å²) in [5.74, 6) is -2.62. The van der Waals surface area contributed by atoms with Gasteiger partial charge in [-0.15, -0.1) is 13.2 Å². The third-order valence-corrected chi connectivity index (χ3v) is 5.44. The van der Waals surface area contributed by atoms with Gasteiger partial charge in [-0.2, -0.15) is 0 Å². The molecule has 1 aromatic heterocycles. The van der Waals surface area contributed by atoms with E-state index in [0.717, 1.165) is 12.1 Å². The fraction of sp³-hybridized carbons (Fsp3) is 0.208. The average Bonchev–Trinajstić information content (AvgIpc) is 2.79. The Kier molecular flexibility index (Phi) is 5.99. The van der Waals surface area contributed by atoms with Crippen LogP contribution in [0.4, 0.5) is 17.6 Å². The molecule has 1 atom stereocenters. The zero-order chi connectivity index (χ0) is 24.5. The Labute approximate surface area is 191 Å². The van der Waals surface area contributed by atoms with Crippen LogP contribution in [0.25, 0.3) is 0 Å². The molecule has 0 bridgehead atoms. The first kappa shape index (κ1) is 23.2. The number of halogens is 4. The van der Waals surface area contributed by atoms with Crippen LogP contribution in [0, 0.1) is 5.82 Å². The molecule has 6 nitrogen and oxygen atoms in total. The van der Waals surface area contributed by atoms with Gasteiger partial charge in [0.05, 0.1) is 6.61 Å². The normalized spacial score (nSPS) is 17.3. The van der Waals surface area contributed by atoms with Gasteiger partial charge in [0.25, 0.3) is 5.91 Å². The SMILES string of the molecule is CC(=O)c1ccc(C(=O)NC2(c3ccc(OC(F)(F)F)c(F)c3)CCOc3cccnc32)cc1. The van der Waals surface area contributed by atoms with E-state index in [1.54, 1.807) is 12.1 Å². The third-order valence-electron chi connectivity index (χ3n) is 5.44. The summed E-state index contributed by atoms with van der Waals surface area (Å²) in [5, 5.41) is 2.87. The van der Waals surface area contributed by atoms with Gasteiger partial charge in [0.15, 0.2) is 17.3 Å². The summed E-state index contributed by atoms with van der Waals surface area (Å²) in [6, 6.07) is 12.2. The Morgan fingerprint density at radius 2 is 1.79 bits per heavy atom. The first-order valence-electron chi connectivity index (χ1n) is 10.2. The van der Waals surface area contributed by atoms with Crippen molar-refractivity contribution in [3.8, 4) is 11.5 Å². The zero-order valence-electron chi connectivity index (χ0n) is 17.8. The van der Waals surface area contributed by atoms with E-state index >= 15 is 0 Å². The third kappa shape index (κ3) is 4.57. The number of alkyl halides is 3. The van der Waals surface area contributed by atoms with E-state index < -0.39 is 29.4 Å². The molecule has 0 fully saturated rings. The average molecular weight is 474 g/mol. The van der Waals surface area contributed by atoms with Crippen LogP contribution in [0.15, 0.2) is 60.8 Å². The van der Waals surface area contributed by atoms with Gasteiger partial charge < -0.3 is 14.8 Å². The van der Waals surface area contributed by atoms with E-state index in [2.05, 4.69) is 15.0 Å². The van der Waals surface area contributed by atoms with Crippen molar-refractivity contribution in [2.75, 3.05) is 6.61 Å². The van der Waals surface area contributed by atoms with Crippen molar-refractivity contribution in [2.45, 2.75) is 25.2 Å². The number of fused-ring (bicyclic) bond motifs is 1. The smallest absolute Gasteiger partial charge is 0.491 e. The van der Waals surface area contributed by atoms with E-state index in [0.29, 0.717) is 11.3 Å². The lowest BCUT2D eigenvalue weighted by atomic mass is 9.81. The van der Waals surface area contributed by atoms with Gasteiger partial charge in [0.1, 0.15) is 17.0 Å². The van der Waals surface area contributed by atoms with E-state index in [9.17, 15) is 27.2 Å². The van der Waals surface area contributed by atoms with E-state index in [1.807, 2.05) is 0 Å². The molecule has 0 saturated heterocycles. The number of pyridine rings is 1. The number of ether oxygens (including phenoxy) is 2. The molecule has 1 N–H and O–H groups in total. The quantitative estimate of drug-likeness (QED) is 0.426. The number of amides is 1. The molecule has 10 heteroatoms. The van der Waals surface area contributed by atoms with Crippen LogP contribution in [0.5, 0.6) is 11.5 Å². The Balaban J connectivity index is 1.78. The predicted octanol–water partition coefficient (Wildman–Crippen LogP) is 4.78. The molecule has 3 aromatic rings. The summed E-state index contributed by atoms with van der Waals surface area (Å²) in [4.78, 5) is 29.0. The molecule has 0 saturated carbocycles. The minimum Gasteiger partial charge on any atom is -0.491 e. The predicted molar refractivity (Wildman–Crippen MR) is 112 cm³/mol. The molecule has 34 heavy (non-hydrogen) atoms. The molecule has 0 radical (unpaired) electrons. The highest BCUT2D eigenvalue weighted by Crippen LogP contribution is 2.42. The number of aromatic nitrogens is 1. The Morgan fingerprint density at radius 3 is 2.44 bits per heavy atom. The molecule has 0 aliphatic carbocycles. The number of Topliss-reactive ketones (excluding diaryl/α,β-unsaturated/α-hetero) is 1. The Morgan fingerprint density at radius 1 is 1.09 bits per heavy atom. The Hall–Kier alpha value is -3.95. The van der Waals surface area contributed by atoms with Gasteiger partial charge in [-0.1, -0.05) is 18.2 Å². The van der Waals surface area contributed by atoms with E-state index in [4.69, 9.17) is 4.74 Å². The molecular weight excluding hydrogens is 456 g/mol. The number of rotatable bonds is 5. The molecule has 176 valence electrons. The largest absolute Gasteiger partial charge is 0.573 e. The van der Waals surface area contributed by atoms with Gasteiger partial charge in [0.2, 0.25) is 0 Å². The van der Waals surface area contributed by atoms with E-state index in [-0.39, 0.29) is 35.6 Å². The molecule has 2 heterocycles. The van der Waals surface area contributed by atoms with Crippen molar-refractivity contribution in [1.29, 1.82) is 0 Å². The van der Waals surface area contributed by atoms with Gasteiger partial charge in [-0.25, -0.2) is 4.39 Å². The maximum absolute atomic E-state index is 14.6. The van der Waals surface area contributed by atoms with E-state index in [1.165, 1.54) is 43.5 Å². The van der Waals surface area contributed by atoms with Crippen LogP contribution < -0.4 is 14.8 Å². The number of nitrogens with zero attached hydrogens (tertiary/aromatic N) is 1. The minimum absolute atomic E-state index is 0.130. The fourth-order valence-corrected chi connectivity index (χ4v) is 3.83. The highest BCUT2D eigenvalue weighted by Gasteiger charge is 2.43. The fourth-order valence-electron chi connectivity index (χ4n) is 3.83. The number of ketones is 1. The van der Waals surface area contributed by atoms with Crippen molar-refractivity contribution < 1.29 is 36.6 Å². The maximum Gasteiger partial charge on any atom is 0.573 e. The summed E-state index contributed by atoms with van der Waals surface area (Å²) in [5.41, 5.74) is -0.309. The zero-order valence-corrected chi connectivity index (χ0v) is 17.8. The van der Waals surface area contributed by atoms with Crippen LogP contribution in [-0.4, -0.2) is 29.6 Å². The van der Waals surface area contributed by atoms with Crippen molar-refractivity contribution in [3.63, 3.8) is 0 Å². The van der Waals surface area contributed by atoms with Crippen LogP contribution in [0.2, 0.25) is 0 Å². The summed E-state index contributed by atoms with van der Waals surface area (Å²) < 4.78 is 61.8. The van der Waals surface area contributed by atoms with Crippen molar-refractivity contribution in [2.24, 2.45) is 0 Å². The second-order valence-corrected chi connectivity index (χ2v) is 7.63. The van der Waals surface area contributed by atoms with Crippen LogP contribution >= 0.6 is 0 Å². The maximum atomic E-state index is 14.6. The summed E-state index contributed by atoms with van der Waals surface area (Å²) in [6.45, 7) is 1.53. The molecule has 1 unspecified atom stereocenters. The number of carbonyl (C=O) groups is 2. The number of carbonyl (C=O) groups excluding carboxylic acids is 2. The van der Waals surface area contributed by atoms with Gasteiger partial charge in [0, 0.05) is 23.7 Å².